The van der Waals surface area contributed by atoms with Gasteiger partial charge < -0.3 is 15.3 Å². The molecule has 1 saturated heterocycles. The number of benzene rings is 1. The number of anilines is 2. The Morgan fingerprint density at radius 2 is 1.86 bits per heavy atom. The van der Waals surface area contributed by atoms with Crippen LogP contribution in [0.25, 0.3) is 11.0 Å². The molecule has 0 bridgehead atoms. The Hall–Kier alpha value is -2.98. The van der Waals surface area contributed by atoms with Crippen LogP contribution in [-0.4, -0.2) is 54.6 Å². The molecule has 0 unspecified atom stereocenters. The number of amides is 1. The van der Waals surface area contributed by atoms with Gasteiger partial charge in [0.2, 0.25) is 0 Å². The zero-order valence-electron chi connectivity index (χ0n) is 21.6. The molecule has 11 heteroatoms. The van der Waals surface area contributed by atoms with Crippen molar-refractivity contribution in [2.45, 2.75) is 52.2 Å². The van der Waals surface area contributed by atoms with Crippen LogP contribution in [0.2, 0.25) is 5.02 Å². The maximum Gasteiger partial charge on any atom is 0.328 e. The van der Waals surface area contributed by atoms with Gasteiger partial charge in [0.1, 0.15) is 5.69 Å². The Bertz CT molecular complexity index is 1380. The molecule has 1 fully saturated rings. The van der Waals surface area contributed by atoms with E-state index < -0.39 is 29.3 Å². The lowest BCUT2D eigenvalue weighted by molar-refractivity contribution is -0.132. The van der Waals surface area contributed by atoms with Crippen LogP contribution in [0, 0.1) is 11.8 Å². The highest BCUT2D eigenvalue weighted by molar-refractivity contribution is 6.33. The number of imidazole rings is 1. The molecule has 3 aromatic rings. The van der Waals surface area contributed by atoms with Gasteiger partial charge in [0.25, 0.3) is 11.8 Å². The van der Waals surface area contributed by atoms with E-state index >= 15 is 0 Å². The van der Waals surface area contributed by atoms with Crippen molar-refractivity contribution in [1.82, 2.24) is 19.0 Å². The summed E-state index contributed by atoms with van der Waals surface area (Å²) in [6.45, 7) is 6.49. The lowest BCUT2D eigenvalue weighted by Crippen LogP contribution is -2.53. The van der Waals surface area contributed by atoms with E-state index in [1.165, 1.54) is 31.0 Å². The van der Waals surface area contributed by atoms with Crippen LogP contribution in [-0.2, 0) is 13.6 Å². The number of hydrogen-bond donors (Lipinski definition) is 2. The number of piperidine rings is 1. The number of carbonyl (C=O) groups excluding carboxylic acids is 1. The maximum absolute atomic E-state index is 14.2. The van der Waals surface area contributed by atoms with Crippen molar-refractivity contribution in [3.05, 3.63) is 51.7 Å². The first-order chi connectivity index (χ1) is 17.2. The Morgan fingerprint density at radius 3 is 2.49 bits per heavy atom. The van der Waals surface area contributed by atoms with E-state index in [1.54, 1.807) is 48.2 Å². The number of likely N-dealkylation sites (tertiary alicyclic amines) is 1. The van der Waals surface area contributed by atoms with Crippen LogP contribution >= 0.6 is 11.6 Å². The smallest absolute Gasteiger partial charge is 0.328 e. The first-order valence-corrected chi connectivity index (χ1v) is 12.6. The minimum absolute atomic E-state index is 0.0594. The lowest BCUT2D eigenvalue weighted by atomic mass is 9.87. The molecule has 2 aromatic heterocycles. The summed E-state index contributed by atoms with van der Waals surface area (Å²) in [6, 6.07) is 6.90. The van der Waals surface area contributed by atoms with E-state index in [1.807, 2.05) is 0 Å². The van der Waals surface area contributed by atoms with Gasteiger partial charge in [-0.05, 0) is 44.5 Å². The predicted octanol–water partition coefficient (Wildman–Crippen LogP) is 4.66. The highest BCUT2D eigenvalue weighted by atomic mass is 35.5. The van der Waals surface area contributed by atoms with Gasteiger partial charge in [-0.2, -0.15) is 0 Å². The zero-order valence-corrected chi connectivity index (χ0v) is 22.3. The number of aliphatic hydroxyl groups is 1. The molecule has 3 heterocycles. The topological polar surface area (TPSA) is 92.4 Å². The molecule has 0 saturated carbocycles. The number of nitrogens with zero attached hydrogens (tertiary/aromatic N) is 4. The van der Waals surface area contributed by atoms with E-state index in [2.05, 4.69) is 10.3 Å². The SMILES string of the molecule is C[C@@H]1CN(C(=O)c2cc(Nc3ccc4c(c3)n(CCC(C)(C)O)c(=O)n4C)c(Cl)cn2)C[C@H](C)C1(F)F. The van der Waals surface area contributed by atoms with Gasteiger partial charge in [0.05, 0.1) is 27.3 Å². The van der Waals surface area contributed by atoms with Crippen molar-refractivity contribution in [1.29, 1.82) is 0 Å². The molecule has 0 aliphatic carbocycles. The number of hydrogen-bond acceptors (Lipinski definition) is 5. The fourth-order valence-corrected chi connectivity index (χ4v) is 4.84. The van der Waals surface area contributed by atoms with Gasteiger partial charge in [-0.25, -0.2) is 18.6 Å². The summed E-state index contributed by atoms with van der Waals surface area (Å²) in [6.07, 6.45) is 1.74. The molecule has 2 N–H and O–H groups in total. The molecular formula is C26H32ClF2N5O3. The molecule has 37 heavy (non-hydrogen) atoms. The second-order valence-corrected chi connectivity index (χ2v) is 11.0. The number of carbonyl (C=O) groups is 1. The summed E-state index contributed by atoms with van der Waals surface area (Å²) in [7, 11) is 1.69. The lowest BCUT2D eigenvalue weighted by Gasteiger charge is -2.41. The van der Waals surface area contributed by atoms with Crippen LogP contribution in [0.15, 0.2) is 35.3 Å². The predicted molar refractivity (Wildman–Crippen MR) is 140 cm³/mol. The Balaban J connectivity index is 1.61. The Labute approximate surface area is 218 Å². The molecule has 8 nitrogen and oxygen atoms in total. The second-order valence-electron chi connectivity index (χ2n) is 10.6. The third-order valence-electron chi connectivity index (χ3n) is 7.04. The van der Waals surface area contributed by atoms with Crippen molar-refractivity contribution in [2.24, 2.45) is 18.9 Å². The fraction of sp³-hybridized carbons (Fsp3) is 0.500. The summed E-state index contributed by atoms with van der Waals surface area (Å²) in [4.78, 5) is 31.5. The molecule has 1 aromatic carbocycles. The fourth-order valence-electron chi connectivity index (χ4n) is 4.69. The molecule has 2 atom stereocenters. The zero-order chi connectivity index (χ0) is 27.3. The van der Waals surface area contributed by atoms with Crippen LogP contribution in [0.3, 0.4) is 0 Å². The number of alkyl halides is 2. The summed E-state index contributed by atoms with van der Waals surface area (Å²) >= 11 is 6.36. The minimum atomic E-state index is -2.83. The average molecular weight is 536 g/mol. The standard InChI is InChI=1S/C26H32ClF2N5O3/c1-15-13-33(14-16(2)26(15,28)29)23(35)20-11-19(18(27)12-30-20)31-17-6-7-21-22(10-17)34(24(36)32(21)5)9-8-25(3,4)37/h6-7,10-12,15-16,37H,8-9,13-14H2,1-5H3,(H,30,31)/t15-,16+. The molecule has 4 rings (SSSR count). The van der Waals surface area contributed by atoms with Crippen molar-refractivity contribution in [2.75, 3.05) is 18.4 Å². The normalized spacial score (nSPS) is 19.9. The van der Waals surface area contributed by atoms with E-state index in [4.69, 9.17) is 11.6 Å². The molecule has 1 amide bonds. The molecule has 1 aliphatic heterocycles. The average Bonchev–Trinajstić information content (AvgIpc) is 3.05. The van der Waals surface area contributed by atoms with Crippen LogP contribution in [0.5, 0.6) is 0 Å². The first kappa shape index (κ1) is 27.1. The summed E-state index contributed by atoms with van der Waals surface area (Å²) in [5, 5.41) is 13.6. The third kappa shape index (κ3) is 5.36. The number of pyridine rings is 1. The van der Waals surface area contributed by atoms with Crippen molar-refractivity contribution < 1.29 is 18.7 Å². The van der Waals surface area contributed by atoms with Crippen molar-refractivity contribution >= 4 is 39.9 Å². The quantitative estimate of drug-likeness (QED) is 0.479. The van der Waals surface area contributed by atoms with E-state index in [0.29, 0.717) is 29.9 Å². The van der Waals surface area contributed by atoms with Gasteiger partial charge in [-0.1, -0.05) is 25.4 Å². The van der Waals surface area contributed by atoms with Crippen molar-refractivity contribution in [3.63, 3.8) is 0 Å². The third-order valence-corrected chi connectivity index (χ3v) is 7.34. The largest absolute Gasteiger partial charge is 0.390 e. The van der Waals surface area contributed by atoms with Gasteiger partial charge in [-0.15, -0.1) is 0 Å². The van der Waals surface area contributed by atoms with Gasteiger partial charge in [0, 0.05) is 50.4 Å². The minimum Gasteiger partial charge on any atom is -0.390 e. The maximum atomic E-state index is 14.2. The summed E-state index contributed by atoms with van der Waals surface area (Å²) in [5.41, 5.74) is 1.44. The molecule has 1 aliphatic rings. The summed E-state index contributed by atoms with van der Waals surface area (Å²) < 4.78 is 31.6. The van der Waals surface area contributed by atoms with E-state index in [0.717, 1.165) is 5.52 Å². The molecular weight excluding hydrogens is 504 g/mol. The highest BCUT2D eigenvalue weighted by Gasteiger charge is 2.48. The Morgan fingerprint density at radius 1 is 1.22 bits per heavy atom. The number of nitrogens with one attached hydrogen (secondary N) is 1. The number of fused-ring (bicyclic) bond motifs is 1. The number of rotatable bonds is 6. The van der Waals surface area contributed by atoms with E-state index in [9.17, 15) is 23.5 Å². The molecule has 0 spiro atoms. The second kappa shape index (κ2) is 9.72. The summed E-state index contributed by atoms with van der Waals surface area (Å²) in [5.74, 6) is -5.19. The monoisotopic (exact) mass is 535 g/mol. The van der Waals surface area contributed by atoms with Crippen LogP contribution < -0.4 is 11.0 Å². The highest BCUT2D eigenvalue weighted by Crippen LogP contribution is 2.38. The van der Waals surface area contributed by atoms with Gasteiger partial charge in [-0.3, -0.25) is 13.9 Å². The van der Waals surface area contributed by atoms with Crippen LogP contribution in [0.1, 0.15) is 44.6 Å². The van der Waals surface area contributed by atoms with Gasteiger partial charge in [0.15, 0.2) is 0 Å². The van der Waals surface area contributed by atoms with Crippen molar-refractivity contribution in [3.8, 4) is 0 Å². The Kier molecular flexibility index (Phi) is 7.11. The molecule has 200 valence electrons. The van der Waals surface area contributed by atoms with Crippen LogP contribution in [0.4, 0.5) is 20.2 Å². The number of aromatic nitrogens is 3. The van der Waals surface area contributed by atoms with E-state index in [-0.39, 0.29) is 29.5 Å². The molecule has 0 radical (unpaired) electrons. The van der Waals surface area contributed by atoms with Gasteiger partial charge >= 0.3 is 5.69 Å². The number of aryl methyl sites for hydroxylation is 2. The first-order valence-electron chi connectivity index (χ1n) is 12.2. The number of halogens is 3.